The Hall–Kier alpha value is -7.96. The Morgan fingerprint density at radius 1 is 0.388 bits per heavy atom. The number of anilines is 9. The zero-order valence-electron chi connectivity index (χ0n) is 75.3. The highest BCUT2D eigenvalue weighted by Crippen LogP contribution is 2.55. The molecule has 2 aromatic heterocycles. The van der Waals surface area contributed by atoms with Crippen molar-refractivity contribution in [1.82, 2.24) is 4.57 Å². The summed E-state index contributed by atoms with van der Waals surface area (Å²) in [6, 6.07) is -21.0. The molecular weight excluding hydrogens is 972 g/mol. The number of para-hydroxylation sites is 2. The number of fused-ring (bicyclic) bond motifs is 12. The van der Waals surface area contributed by atoms with E-state index in [2.05, 4.69) is 0 Å². The van der Waals surface area contributed by atoms with Crippen LogP contribution in [0.3, 0.4) is 0 Å². The molecule has 14 rings (SSSR count). The number of aromatic nitrogens is 1. The van der Waals surface area contributed by atoms with Gasteiger partial charge in [-0.15, -0.1) is 0 Å². The number of furan rings is 1. The zero-order valence-corrected chi connectivity index (χ0v) is 47.3. The van der Waals surface area contributed by atoms with Gasteiger partial charge in [-0.3, -0.25) is 0 Å². The molecule has 0 amide bonds. The van der Waals surface area contributed by atoms with Gasteiger partial charge in [0.2, 0.25) is 0 Å². The Kier molecular flexibility index (Phi) is 5.98. The average molecular weight is 1070 g/mol. The Labute approximate surface area is 512 Å². The molecule has 0 unspecified atom stereocenters. The highest BCUT2D eigenvalue weighted by atomic mass is 16.3. The van der Waals surface area contributed by atoms with Gasteiger partial charge in [-0.25, -0.2) is 0 Å². The lowest BCUT2D eigenvalue weighted by Gasteiger charge is -2.47. The largest absolute Gasteiger partial charge is 0.456 e. The predicted molar refractivity (Wildman–Crippen MR) is 344 cm³/mol. The lowest BCUT2D eigenvalue weighted by Crippen LogP contribution is -2.62. The van der Waals surface area contributed by atoms with Crippen molar-refractivity contribution in [2.45, 2.75) is 131 Å². The first-order chi connectivity index (χ1) is 49.6. The van der Waals surface area contributed by atoms with Gasteiger partial charge in [0.15, 0.2) is 0 Å². The van der Waals surface area contributed by atoms with E-state index in [4.69, 9.17) is 7.16 Å². The van der Waals surface area contributed by atoms with Gasteiger partial charge in [-0.2, -0.15) is 0 Å². The summed E-state index contributed by atoms with van der Waals surface area (Å²) in [4.78, 5) is 3.04. The van der Waals surface area contributed by atoms with E-state index in [1.165, 1.54) is 9.47 Å². The Bertz CT molecular complexity index is 5960. The molecule has 0 aliphatic carbocycles. The van der Waals surface area contributed by atoms with Crippen molar-refractivity contribution in [3.63, 3.8) is 0 Å². The van der Waals surface area contributed by atoms with Gasteiger partial charge < -0.3 is 23.7 Å². The van der Waals surface area contributed by atoms with Crippen LogP contribution in [0.5, 0.6) is 0 Å². The van der Waals surface area contributed by atoms with Gasteiger partial charge in [-0.1, -0.05) is 176 Å². The molecule has 0 radical (unpaired) electrons. The molecule has 0 fully saturated rings. The SMILES string of the molecule is [2H]c1c([2H])c2c3c(c1[2H])-n1c4c([2H])c([2H])c(C(C)(C)C)c([2H])c4c4c([2H])c(C(C)(C)C)c([2H])c(c41)N3c1c([2H])c(C(C)(C)C)c([2H])c3c1B2c1c([2H])c([2H])c(N(c2c([2H])c([2H])c(C(C)(C)C)c([2H])c2[2H])c2c([2H])c([2H])c(C(C)(C)C)c([2H])c2[2H])c([2H])c1N3c1c([2H])c([2H])c([2H])c2oc3c([2H])c([2H])c([2H])c([2H])c3c12. The molecule has 6 heteroatoms. The van der Waals surface area contributed by atoms with Crippen LogP contribution < -0.4 is 31.1 Å². The summed E-state index contributed by atoms with van der Waals surface area (Å²) < 4.78 is 290. The van der Waals surface area contributed by atoms with E-state index in [0.29, 0.717) is 4.90 Å². The quantitative estimate of drug-likeness (QED) is 0.164. The molecule has 0 saturated heterocycles. The molecule has 80 heavy (non-hydrogen) atoms. The van der Waals surface area contributed by atoms with E-state index in [-0.39, 0.29) is 89.9 Å². The minimum absolute atomic E-state index is 0.0374. The van der Waals surface area contributed by atoms with E-state index in [9.17, 15) is 35.6 Å². The van der Waals surface area contributed by atoms with Crippen LogP contribution in [-0.4, -0.2) is 11.3 Å². The Morgan fingerprint density at radius 3 is 1.55 bits per heavy atom. The summed E-state index contributed by atoms with van der Waals surface area (Å²) in [5.41, 5.74) is -14.9. The van der Waals surface area contributed by atoms with Gasteiger partial charge >= 0.3 is 0 Å². The fourth-order valence-corrected chi connectivity index (χ4v) is 10.9. The third-order valence-corrected chi connectivity index (χ3v) is 15.1. The highest BCUT2D eigenvalue weighted by molar-refractivity contribution is 7.00. The van der Waals surface area contributed by atoms with Crippen molar-refractivity contribution in [2.24, 2.45) is 0 Å². The second kappa shape index (κ2) is 16.8. The van der Waals surface area contributed by atoms with Crippen molar-refractivity contribution >= 4 is 118 Å². The first kappa shape index (κ1) is 28.5. The van der Waals surface area contributed by atoms with Crippen molar-refractivity contribution in [1.29, 1.82) is 0 Å². The normalized spacial score (nSPS) is 19.0. The second-order valence-electron chi connectivity index (χ2n) is 26.1. The topological polar surface area (TPSA) is 27.8 Å². The number of benzene rings is 9. The van der Waals surface area contributed by atoms with E-state index in [0.717, 1.165) is 4.90 Å². The average Bonchev–Trinajstić information content (AvgIpc) is 0.966. The van der Waals surface area contributed by atoms with Crippen LogP contribution in [0.2, 0.25) is 0 Å². The van der Waals surface area contributed by atoms with Crippen molar-refractivity contribution in [2.75, 3.05) is 14.7 Å². The summed E-state index contributed by atoms with van der Waals surface area (Å²) in [6.07, 6.45) is 0. The highest BCUT2D eigenvalue weighted by Gasteiger charge is 2.47. The summed E-state index contributed by atoms with van der Waals surface area (Å²) >= 11 is 0. The van der Waals surface area contributed by atoms with Crippen LogP contribution in [0.1, 0.15) is 170 Å². The summed E-state index contributed by atoms with van der Waals surface area (Å²) in [5.74, 6) is 0. The molecule has 398 valence electrons. The third kappa shape index (κ3) is 7.50. The maximum Gasteiger partial charge on any atom is 0.252 e. The second-order valence-corrected chi connectivity index (χ2v) is 26.1. The van der Waals surface area contributed by atoms with Gasteiger partial charge in [-0.05, 0) is 168 Å². The van der Waals surface area contributed by atoms with Gasteiger partial charge in [0.05, 0.1) is 77.6 Å². The maximum atomic E-state index is 11.4. The monoisotopic (exact) mass is 1070 g/mol. The smallest absolute Gasteiger partial charge is 0.252 e. The molecule has 11 aromatic rings. The number of hydrogen-bond acceptors (Lipinski definition) is 4. The summed E-state index contributed by atoms with van der Waals surface area (Å²) in [6.45, 7) is 23.2. The van der Waals surface area contributed by atoms with Crippen LogP contribution in [0.25, 0.3) is 49.4 Å². The van der Waals surface area contributed by atoms with Gasteiger partial charge in [0, 0.05) is 50.3 Å². The van der Waals surface area contributed by atoms with Crippen LogP contribution in [-0.2, 0) is 27.1 Å². The van der Waals surface area contributed by atoms with Crippen molar-refractivity contribution in [3.05, 3.63) is 197 Å². The van der Waals surface area contributed by atoms with E-state index >= 15 is 0 Å². The molecule has 3 aliphatic rings. The first-order valence-corrected chi connectivity index (χ1v) is 26.7. The Morgan fingerprint density at radius 2 is 0.912 bits per heavy atom. The van der Waals surface area contributed by atoms with Crippen LogP contribution in [0.15, 0.2) is 174 Å². The van der Waals surface area contributed by atoms with E-state index in [1.54, 1.807) is 104 Å². The number of nitrogens with zero attached hydrogens (tertiary/aromatic N) is 4. The molecule has 9 aromatic carbocycles. The van der Waals surface area contributed by atoms with Crippen molar-refractivity contribution < 1.29 is 42.8 Å². The van der Waals surface area contributed by atoms with E-state index < -0.39 is 258 Å². The lowest BCUT2D eigenvalue weighted by molar-refractivity contribution is 0.590. The predicted octanol–water partition coefficient (Wildman–Crippen LogP) is 19.0. The molecular formula is C74H73BN4O. The zero-order chi connectivity index (χ0) is 80.3. The fourth-order valence-electron chi connectivity index (χ4n) is 10.9. The molecule has 0 saturated carbocycles. The third-order valence-electron chi connectivity index (χ3n) is 15.1. The van der Waals surface area contributed by atoms with Crippen LogP contribution >= 0.6 is 0 Å². The van der Waals surface area contributed by atoms with Crippen molar-refractivity contribution in [3.8, 4) is 5.69 Å². The lowest BCUT2D eigenvalue weighted by atomic mass is 9.33. The summed E-state index contributed by atoms with van der Waals surface area (Å²) in [5, 5.41) is -1.14. The minimum Gasteiger partial charge on any atom is -0.456 e. The maximum absolute atomic E-state index is 11.4. The number of hydrogen-bond donors (Lipinski definition) is 0. The first-order valence-electron chi connectivity index (χ1n) is 40.7. The van der Waals surface area contributed by atoms with Crippen LogP contribution in [0.4, 0.5) is 51.2 Å². The fraction of sp³-hybridized carbons (Fsp3) is 0.270. The van der Waals surface area contributed by atoms with Crippen LogP contribution in [0, 0.1) is 0 Å². The number of rotatable bonds is 4. The molecule has 0 atom stereocenters. The molecule has 0 spiro atoms. The minimum atomic E-state index is -2.01. The standard InChI is InChI=1S/C74H73BN4O/c1-70(2,3)44-26-31-49(32-27-44)76(50-33-28-45(29-34-50)71(4,5)6)51-35-36-55-60(43-51)77(58-22-19-25-65-66(58)52-20-16-17-24-64(52)80-65)61-40-48(74(13,14)15)41-62-67(61)75(55)56-21-18-23-59-69(56)79(62)63-42-47(73(10,11)12)39-54-53-38-46(72(7,8)9)30-37-57(53)78(59)68(54)63/h16-43H,1-15H3/i16D,17D,18D,19D,20D,21D,22D,23D,24D,25D,26D,27D,28D,29D,30D,31D,32D,33D,34D,35D,36D,37D,38D,39D,40D,41D,42D,43D. The Balaban J connectivity index is 1.32. The molecule has 3 aliphatic heterocycles. The van der Waals surface area contributed by atoms with E-state index in [1.807, 2.05) is 0 Å². The molecule has 0 bridgehead atoms. The summed E-state index contributed by atoms with van der Waals surface area (Å²) in [7, 11) is 0. The van der Waals surface area contributed by atoms with Gasteiger partial charge in [0.1, 0.15) is 11.2 Å². The van der Waals surface area contributed by atoms with Gasteiger partial charge in [0.25, 0.3) is 6.71 Å². The molecule has 5 nitrogen and oxygen atoms in total. The molecule has 0 N–H and O–H groups in total. The molecule has 5 heterocycles.